The van der Waals surface area contributed by atoms with Crippen molar-refractivity contribution in [3.05, 3.63) is 158 Å². The van der Waals surface area contributed by atoms with Crippen LogP contribution < -0.4 is 41.3 Å². The molecule has 0 aromatic heterocycles. The molecule has 0 N–H and O–H groups in total. The standard InChI is InChI=1S/C42H38O4P2.C4H8O2/c1-31-29-30-32(2)46-38-26-16-28-40(48(44,35-21-11-5-12-22-35)36-23-13-6-14-24-36)42(38)41-37(45-31)25-15-27-39(41)47(43,33-17-7-3-8-18-33)34-19-9-4-10-20-34;1-3-6-4(2)5/h3-28,31-32H,29-30H2,1-2H3;3H2,1-2H3/t31-,32-;/m1./s1. The Hall–Kier alpha value is -5.15. The Morgan fingerprint density at radius 1 is 0.537 bits per heavy atom. The first-order chi connectivity index (χ1) is 26.2. The van der Waals surface area contributed by atoms with Crippen LogP contribution in [0.25, 0.3) is 11.1 Å². The van der Waals surface area contributed by atoms with Crippen molar-refractivity contribution in [1.82, 2.24) is 0 Å². The first-order valence-corrected chi connectivity index (χ1v) is 21.8. The van der Waals surface area contributed by atoms with Gasteiger partial charge in [-0.1, -0.05) is 133 Å². The number of benzene rings is 6. The van der Waals surface area contributed by atoms with E-state index in [0.29, 0.717) is 61.1 Å². The smallest absolute Gasteiger partial charge is 0.302 e. The number of fused-ring (bicyclic) bond motifs is 3. The molecule has 0 bridgehead atoms. The SMILES string of the molecule is CCOC(C)=O.C[C@@H]1CC[C@@H](C)Oc2cccc(P(=O)(c3ccccc3)c3ccccc3)c2-c2c(cccc2P(=O)(c2ccccc2)c2ccccc2)O1. The molecule has 0 aliphatic carbocycles. The lowest BCUT2D eigenvalue weighted by Gasteiger charge is -2.31. The summed E-state index contributed by atoms with van der Waals surface area (Å²) in [4.78, 5) is 9.82. The van der Waals surface area contributed by atoms with Crippen molar-refractivity contribution in [3.63, 3.8) is 0 Å². The van der Waals surface area contributed by atoms with Crippen molar-refractivity contribution in [1.29, 1.82) is 0 Å². The molecule has 276 valence electrons. The van der Waals surface area contributed by atoms with Crippen molar-refractivity contribution < 1.29 is 28.1 Å². The minimum absolute atomic E-state index is 0.137. The van der Waals surface area contributed by atoms with E-state index in [9.17, 15) is 4.79 Å². The Morgan fingerprint density at radius 3 is 1.11 bits per heavy atom. The summed E-state index contributed by atoms with van der Waals surface area (Å²) in [7, 11) is -7.05. The third kappa shape index (κ3) is 8.02. The fourth-order valence-corrected chi connectivity index (χ4v) is 12.6. The zero-order valence-corrected chi connectivity index (χ0v) is 32.9. The van der Waals surface area contributed by atoms with Gasteiger partial charge in [0.25, 0.3) is 0 Å². The van der Waals surface area contributed by atoms with Crippen LogP contribution in [0.4, 0.5) is 0 Å². The molecule has 0 unspecified atom stereocenters. The lowest BCUT2D eigenvalue weighted by molar-refractivity contribution is -0.140. The highest BCUT2D eigenvalue weighted by atomic mass is 31.2. The van der Waals surface area contributed by atoms with Gasteiger partial charge in [0.2, 0.25) is 0 Å². The molecule has 6 aromatic rings. The molecule has 6 nitrogen and oxygen atoms in total. The highest BCUT2D eigenvalue weighted by Gasteiger charge is 2.39. The topological polar surface area (TPSA) is 78.9 Å². The molecule has 1 aliphatic rings. The molecule has 2 atom stereocenters. The van der Waals surface area contributed by atoms with Gasteiger partial charge in [-0.25, -0.2) is 0 Å². The van der Waals surface area contributed by atoms with E-state index in [1.165, 1.54) is 6.92 Å². The summed E-state index contributed by atoms with van der Waals surface area (Å²) in [6, 6.07) is 50.2. The van der Waals surface area contributed by atoms with E-state index in [1.807, 2.05) is 158 Å². The van der Waals surface area contributed by atoms with Gasteiger partial charge in [-0.3, -0.25) is 4.79 Å². The van der Waals surface area contributed by atoms with Crippen LogP contribution in [0.2, 0.25) is 0 Å². The minimum Gasteiger partial charge on any atom is -0.490 e. The van der Waals surface area contributed by atoms with Gasteiger partial charge < -0.3 is 23.3 Å². The molecule has 0 fully saturated rings. The van der Waals surface area contributed by atoms with Crippen LogP contribution in [-0.4, -0.2) is 24.8 Å². The number of carbonyl (C=O) groups excluding carboxylic acids is 1. The Balaban J connectivity index is 0.000000767. The van der Waals surface area contributed by atoms with E-state index in [0.717, 1.165) is 12.8 Å². The van der Waals surface area contributed by atoms with Crippen LogP contribution in [0.5, 0.6) is 11.5 Å². The molecule has 0 amide bonds. The number of esters is 1. The number of rotatable bonds is 7. The lowest BCUT2D eigenvalue weighted by atomic mass is 10.0. The normalized spacial score (nSPS) is 15.5. The van der Waals surface area contributed by atoms with Crippen LogP contribution in [0, 0.1) is 0 Å². The van der Waals surface area contributed by atoms with Gasteiger partial charge in [0, 0.05) is 49.9 Å². The third-order valence-electron chi connectivity index (χ3n) is 9.40. The van der Waals surface area contributed by atoms with Gasteiger partial charge in [-0.15, -0.1) is 0 Å². The van der Waals surface area contributed by atoms with Crippen molar-refractivity contribution in [2.75, 3.05) is 6.61 Å². The lowest BCUT2D eigenvalue weighted by Crippen LogP contribution is -2.31. The molecule has 1 aliphatic heterocycles. The predicted molar refractivity (Wildman–Crippen MR) is 222 cm³/mol. The molecular formula is C46H46O6P2. The van der Waals surface area contributed by atoms with Gasteiger partial charge in [0.05, 0.1) is 18.8 Å². The zero-order valence-electron chi connectivity index (χ0n) is 31.1. The van der Waals surface area contributed by atoms with Gasteiger partial charge in [0.1, 0.15) is 11.5 Å². The molecule has 6 aromatic carbocycles. The molecule has 1 heterocycles. The molecule has 0 saturated heterocycles. The van der Waals surface area contributed by atoms with Gasteiger partial charge in [0.15, 0.2) is 14.3 Å². The summed E-state index contributed by atoms with van der Waals surface area (Å²) < 4.78 is 50.3. The highest BCUT2D eigenvalue weighted by molar-refractivity contribution is 7.86. The Labute approximate surface area is 318 Å². The van der Waals surface area contributed by atoms with E-state index in [2.05, 4.69) is 18.6 Å². The van der Waals surface area contributed by atoms with Crippen molar-refractivity contribution in [2.45, 2.75) is 52.7 Å². The molecule has 0 spiro atoms. The van der Waals surface area contributed by atoms with Gasteiger partial charge in [-0.05, 0) is 57.9 Å². The van der Waals surface area contributed by atoms with E-state index in [4.69, 9.17) is 9.47 Å². The average molecular weight is 757 g/mol. The van der Waals surface area contributed by atoms with Gasteiger partial charge >= 0.3 is 5.97 Å². The first-order valence-electron chi connectivity index (χ1n) is 18.3. The van der Waals surface area contributed by atoms with Crippen LogP contribution in [0.3, 0.4) is 0 Å². The fourth-order valence-electron chi connectivity index (χ4n) is 6.89. The van der Waals surface area contributed by atoms with Crippen molar-refractivity contribution in [2.24, 2.45) is 0 Å². The second-order valence-electron chi connectivity index (χ2n) is 13.2. The van der Waals surface area contributed by atoms with Crippen molar-refractivity contribution in [3.8, 4) is 22.6 Å². The maximum absolute atomic E-state index is 16.1. The monoisotopic (exact) mass is 756 g/mol. The molecule has 0 saturated carbocycles. The third-order valence-corrected chi connectivity index (χ3v) is 15.6. The molecule has 0 radical (unpaired) electrons. The molecule has 54 heavy (non-hydrogen) atoms. The maximum atomic E-state index is 16.1. The van der Waals surface area contributed by atoms with Crippen LogP contribution in [0.15, 0.2) is 158 Å². The molecule has 8 heteroatoms. The van der Waals surface area contributed by atoms with Crippen LogP contribution in [0.1, 0.15) is 40.5 Å². The van der Waals surface area contributed by atoms with Gasteiger partial charge in [-0.2, -0.15) is 0 Å². The summed E-state index contributed by atoms with van der Waals surface area (Å²) in [5.41, 5.74) is 1.29. The quantitative estimate of drug-likeness (QED) is 0.120. The fraction of sp³-hybridized carbons (Fsp3) is 0.196. The highest BCUT2D eigenvalue weighted by Crippen LogP contribution is 2.53. The summed E-state index contributed by atoms with van der Waals surface area (Å²) >= 11 is 0. The first kappa shape index (κ1) is 38.6. The second-order valence-corrected chi connectivity index (χ2v) is 18.7. The van der Waals surface area contributed by atoms with Crippen molar-refractivity contribution >= 4 is 52.1 Å². The van der Waals surface area contributed by atoms with E-state index in [1.54, 1.807) is 6.92 Å². The summed E-state index contributed by atoms with van der Waals surface area (Å²) in [6.07, 6.45) is 1.28. The molecule has 7 rings (SSSR count). The van der Waals surface area contributed by atoms with Crippen LogP contribution in [-0.2, 0) is 18.7 Å². The van der Waals surface area contributed by atoms with Crippen LogP contribution >= 0.6 is 14.3 Å². The Morgan fingerprint density at radius 2 is 0.852 bits per heavy atom. The Bertz CT molecular complexity index is 2020. The maximum Gasteiger partial charge on any atom is 0.302 e. The van der Waals surface area contributed by atoms with E-state index < -0.39 is 14.3 Å². The Kier molecular flexibility index (Phi) is 12.4. The second kappa shape index (κ2) is 17.3. The predicted octanol–water partition coefficient (Wildman–Crippen LogP) is 8.53. The largest absolute Gasteiger partial charge is 0.490 e. The number of ether oxygens (including phenoxy) is 3. The summed E-state index contributed by atoms with van der Waals surface area (Å²) in [5, 5.41) is 4.05. The minimum atomic E-state index is -3.53. The number of carbonyl (C=O) groups is 1. The number of hydrogen-bond donors (Lipinski definition) is 0. The molecular weight excluding hydrogens is 710 g/mol. The summed E-state index contributed by atoms with van der Waals surface area (Å²) in [5.74, 6) is 0.968. The average Bonchev–Trinajstić information content (AvgIpc) is 3.21. The zero-order chi connectivity index (χ0) is 38.1. The van der Waals surface area contributed by atoms with E-state index >= 15 is 9.13 Å². The number of hydrogen-bond acceptors (Lipinski definition) is 6. The van der Waals surface area contributed by atoms with E-state index in [-0.39, 0.29) is 18.2 Å². The summed E-state index contributed by atoms with van der Waals surface area (Å²) in [6.45, 7) is 7.77.